The predicted octanol–water partition coefficient (Wildman–Crippen LogP) is 2.95. The zero-order valence-electron chi connectivity index (χ0n) is 18.3. The standard InChI is InChI=1S/C24H33N3O3/c1-19-22(29-2)16-21(17-23(19)30-3)24(28)25-10-7-11-26-12-14-27(15-13-26)18-20-8-5-4-6-9-20/h4-6,8-9,16-17H,7,10-15,18H2,1-3H3,(H,25,28). The first kappa shape index (κ1) is 22.1. The molecule has 1 N–H and O–H groups in total. The Morgan fingerprint density at radius 2 is 1.57 bits per heavy atom. The molecule has 0 atom stereocenters. The lowest BCUT2D eigenvalue weighted by Crippen LogP contribution is -2.46. The Labute approximate surface area is 179 Å². The maximum absolute atomic E-state index is 12.5. The summed E-state index contributed by atoms with van der Waals surface area (Å²) in [6.45, 7) is 8.92. The van der Waals surface area contributed by atoms with Crippen molar-refractivity contribution in [1.82, 2.24) is 15.1 Å². The molecule has 1 fully saturated rings. The second-order valence-electron chi connectivity index (χ2n) is 7.72. The molecule has 1 aliphatic rings. The van der Waals surface area contributed by atoms with Crippen molar-refractivity contribution in [3.8, 4) is 11.5 Å². The highest BCUT2D eigenvalue weighted by Gasteiger charge is 2.17. The molecule has 1 amide bonds. The smallest absolute Gasteiger partial charge is 0.251 e. The third kappa shape index (κ3) is 5.97. The van der Waals surface area contributed by atoms with E-state index in [0.717, 1.165) is 51.3 Å². The van der Waals surface area contributed by atoms with Crippen LogP contribution in [0.1, 0.15) is 27.9 Å². The minimum atomic E-state index is -0.0979. The van der Waals surface area contributed by atoms with E-state index in [1.165, 1.54) is 5.56 Å². The van der Waals surface area contributed by atoms with Gasteiger partial charge < -0.3 is 19.7 Å². The highest BCUT2D eigenvalue weighted by atomic mass is 16.5. The van der Waals surface area contributed by atoms with Crippen molar-refractivity contribution >= 4 is 5.91 Å². The van der Waals surface area contributed by atoms with Gasteiger partial charge in [-0.3, -0.25) is 9.69 Å². The summed E-state index contributed by atoms with van der Waals surface area (Å²) in [5.41, 5.74) is 2.82. The van der Waals surface area contributed by atoms with E-state index in [4.69, 9.17) is 9.47 Å². The lowest BCUT2D eigenvalue weighted by molar-refractivity contribution is 0.0946. The van der Waals surface area contributed by atoms with Gasteiger partial charge in [0.15, 0.2) is 0 Å². The molecule has 0 spiro atoms. The van der Waals surface area contributed by atoms with Gasteiger partial charge in [0.1, 0.15) is 11.5 Å². The number of hydrogen-bond donors (Lipinski definition) is 1. The Bertz CT molecular complexity index is 793. The van der Waals surface area contributed by atoms with Crippen LogP contribution in [0.25, 0.3) is 0 Å². The number of ether oxygens (including phenoxy) is 2. The topological polar surface area (TPSA) is 54.0 Å². The van der Waals surface area contributed by atoms with Crippen LogP contribution in [-0.4, -0.2) is 69.2 Å². The minimum Gasteiger partial charge on any atom is -0.496 e. The number of hydrogen-bond acceptors (Lipinski definition) is 5. The molecule has 3 rings (SSSR count). The number of nitrogens with one attached hydrogen (secondary N) is 1. The normalized spacial score (nSPS) is 15.0. The van der Waals surface area contributed by atoms with Gasteiger partial charge in [0.05, 0.1) is 14.2 Å². The Kier molecular flexibility index (Phi) is 8.11. The number of carbonyl (C=O) groups excluding carboxylic acids is 1. The summed E-state index contributed by atoms with van der Waals surface area (Å²) in [5, 5.41) is 3.01. The van der Waals surface area contributed by atoms with Gasteiger partial charge in [0.2, 0.25) is 0 Å². The molecule has 6 heteroatoms. The summed E-state index contributed by atoms with van der Waals surface area (Å²) in [4.78, 5) is 17.5. The van der Waals surface area contributed by atoms with E-state index in [2.05, 4.69) is 45.4 Å². The maximum Gasteiger partial charge on any atom is 0.251 e. The van der Waals surface area contributed by atoms with E-state index in [1.807, 2.05) is 6.92 Å². The quantitative estimate of drug-likeness (QED) is 0.643. The van der Waals surface area contributed by atoms with Gasteiger partial charge >= 0.3 is 0 Å². The van der Waals surface area contributed by atoms with Gasteiger partial charge in [-0.15, -0.1) is 0 Å². The Morgan fingerprint density at radius 3 is 2.17 bits per heavy atom. The van der Waals surface area contributed by atoms with Crippen LogP contribution in [0.2, 0.25) is 0 Å². The summed E-state index contributed by atoms with van der Waals surface area (Å²) in [7, 11) is 3.20. The van der Waals surface area contributed by atoms with Crippen molar-refractivity contribution in [3.05, 3.63) is 59.2 Å². The fourth-order valence-corrected chi connectivity index (χ4v) is 3.84. The average Bonchev–Trinajstić information content (AvgIpc) is 2.78. The summed E-state index contributed by atoms with van der Waals surface area (Å²) in [6.07, 6.45) is 0.935. The fraction of sp³-hybridized carbons (Fsp3) is 0.458. The molecule has 0 bridgehead atoms. The number of amides is 1. The Morgan fingerprint density at radius 1 is 0.967 bits per heavy atom. The lowest BCUT2D eigenvalue weighted by Gasteiger charge is -2.34. The Balaban J connectivity index is 1.38. The molecule has 6 nitrogen and oxygen atoms in total. The molecular formula is C24H33N3O3. The first-order chi connectivity index (χ1) is 14.6. The molecule has 162 valence electrons. The van der Waals surface area contributed by atoms with Crippen molar-refractivity contribution in [2.24, 2.45) is 0 Å². The van der Waals surface area contributed by atoms with Crippen LogP contribution < -0.4 is 14.8 Å². The van der Waals surface area contributed by atoms with Crippen LogP contribution >= 0.6 is 0 Å². The number of methoxy groups -OCH3 is 2. The number of carbonyl (C=O) groups is 1. The van der Waals surface area contributed by atoms with Gasteiger partial charge in [-0.1, -0.05) is 30.3 Å². The van der Waals surface area contributed by atoms with Crippen LogP contribution in [0.3, 0.4) is 0 Å². The predicted molar refractivity (Wildman–Crippen MR) is 119 cm³/mol. The second kappa shape index (κ2) is 11.0. The second-order valence-corrected chi connectivity index (χ2v) is 7.72. The van der Waals surface area contributed by atoms with Crippen molar-refractivity contribution < 1.29 is 14.3 Å². The number of benzene rings is 2. The molecule has 0 aromatic heterocycles. The number of rotatable bonds is 9. The van der Waals surface area contributed by atoms with Gasteiger partial charge in [-0.05, 0) is 37.6 Å². The average molecular weight is 412 g/mol. The maximum atomic E-state index is 12.5. The van der Waals surface area contributed by atoms with E-state index < -0.39 is 0 Å². The molecule has 0 aliphatic carbocycles. The first-order valence-electron chi connectivity index (χ1n) is 10.6. The number of piperazine rings is 1. The molecule has 2 aromatic rings. The van der Waals surface area contributed by atoms with Crippen molar-refractivity contribution in [2.75, 3.05) is 53.5 Å². The summed E-state index contributed by atoms with van der Waals surface area (Å²) in [6, 6.07) is 14.2. The highest BCUT2D eigenvalue weighted by molar-refractivity contribution is 5.95. The summed E-state index contributed by atoms with van der Waals surface area (Å²) in [5.74, 6) is 1.22. The lowest BCUT2D eigenvalue weighted by atomic mass is 10.1. The van der Waals surface area contributed by atoms with Gasteiger partial charge in [-0.2, -0.15) is 0 Å². The van der Waals surface area contributed by atoms with Crippen LogP contribution in [0.15, 0.2) is 42.5 Å². The van der Waals surface area contributed by atoms with Gasteiger partial charge in [-0.25, -0.2) is 0 Å². The molecule has 1 saturated heterocycles. The zero-order chi connectivity index (χ0) is 21.3. The molecule has 0 saturated carbocycles. The molecular weight excluding hydrogens is 378 g/mol. The van der Waals surface area contributed by atoms with E-state index >= 15 is 0 Å². The monoisotopic (exact) mass is 411 g/mol. The van der Waals surface area contributed by atoms with E-state index in [-0.39, 0.29) is 5.91 Å². The van der Waals surface area contributed by atoms with E-state index in [9.17, 15) is 4.79 Å². The number of nitrogens with zero attached hydrogens (tertiary/aromatic N) is 2. The van der Waals surface area contributed by atoms with E-state index in [0.29, 0.717) is 23.6 Å². The Hall–Kier alpha value is -2.57. The van der Waals surface area contributed by atoms with Crippen molar-refractivity contribution in [3.63, 3.8) is 0 Å². The third-order valence-corrected chi connectivity index (χ3v) is 5.66. The molecule has 30 heavy (non-hydrogen) atoms. The largest absolute Gasteiger partial charge is 0.496 e. The summed E-state index contributed by atoms with van der Waals surface area (Å²) < 4.78 is 10.7. The molecule has 0 radical (unpaired) electrons. The fourth-order valence-electron chi connectivity index (χ4n) is 3.84. The summed E-state index contributed by atoms with van der Waals surface area (Å²) >= 11 is 0. The van der Waals surface area contributed by atoms with Crippen LogP contribution in [-0.2, 0) is 6.54 Å². The molecule has 0 unspecified atom stereocenters. The SMILES string of the molecule is COc1cc(C(=O)NCCCN2CCN(Cc3ccccc3)CC2)cc(OC)c1C. The van der Waals surface area contributed by atoms with E-state index in [1.54, 1.807) is 26.4 Å². The first-order valence-corrected chi connectivity index (χ1v) is 10.6. The highest BCUT2D eigenvalue weighted by Crippen LogP contribution is 2.29. The van der Waals surface area contributed by atoms with Crippen LogP contribution in [0, 0.1) is 6.92 Å². The third-order valence-electron chi connectivity index (χ3n) is 5.66. The van der Waals surface area contributed by atoms with Crippen molar-refractivity contribution in [1.29, 1.82) is 0 Å². The molecule has 1 aliphatic heterocycles. The van der Waals surface area contributed by atoms with Gasteiger partial charge in [0, 0.05) is 50.4 Å². The van der Waals surface area contributed by atoms with Crippen molar-refractivity contribution in [2.45, 2.75) is 19.9 Å². The molecule has 2 aromatic carbocycles. The molecule has 1 heterocycles. The van der Waals surface area contributed by atoms with Gasteiger partial charge in [0.25, 0.3) is 5.91 Å². The van der Waals surface area contributed by atoms with Crippen LogP contribution in [0.5, 0.6) is 11.5 Å². The zero-order valence-corrected chi connectivity index (χ0v) is 18.3. The minimum absolute atomic E-state index is 0.0979. The van der Waals surface area contributed by atoms with Crippen LogP contribution in [0.4, 0.5) is 0 Å².